The highest BCUT2D eigenvalue weighted by molar-refractivity contribution is 5.84. The maximum atomic E-state index is 13.5. The molecule has 19 heavy (non-hydrogen) atoms. The van der Waals surface area contributed by atoms with E-state index in [9.17, 15) is 13.2 Å². The molecule has 0 radical (unpaired) electrons. The van der Waals surface area contributed by atoms with E-state index in [0.29, 0.717) is 5.69 Å². The molecule has 0 aliphatic heterocycles. The van der Waals surface area contributed by atoms with Crippen molar-refractivity contribution in [3.63, 3.8) is 0 Å². The van der Waals surface area contributed by atoms with Crippen molar-refractivity contribution in [2.75, 3.05) is 5.32 Å². The van der Waals surface area contributed by atoms with Crippen molar-refractivity contribution >= 4 is 22.3 Å². The van der Waals surface area contributed by atoms with E-state index in [1.165, 1.54) is 0 Å². The first-order valence-corrected chi connectivity index (χ1v) is 5.63. The molecule has 0 atom stereocenters. The van der Waals surface area contributed by atoms with Gasteiger partial charge in [-0.25, -0.2) is 13.2 Å². The van der Waals surface area contributed by atoms with Crippen molar-refractivity contribution in [2.45, 2.75) is 0 Å². The van der Waals surface area contributed by atoms with Gasteiger partial charge in [0, 0.05) is 22.8 Å². The molecule has 0 aliphatic rings. The predicted octanol–water partition coefficient (Wildman–Crippen LogP) is 4.33. The number of hydrogen-bond acceptors (Lipinski definition) is 1. The molecule has 5 heteroatoms. The van der Waals surface area contributed by atoms with Crippen LogP contribution in [0.5, 0.6) is 0 Å². The van der Waals surface area contributed by atoms with Gasteiger partial charge in [0.1, 0.15) is 0 Å². The molecule has 0 saturated carbocycles. The van der Waals surface area contributed by atoms with E-state index >= 15 is 0 Å². The molecular formula is C14H9F3N2. The Hall–Kier alpha value is -2.43. The first-order valence-electron chi connectivity index (χ1n) is 5.63. The minimum atomic E-state index is -1.48. The normalized spacial score (nSPS) is 10.9. The number of H-pyrrole nitrogens is 1. The average molecular weight is 262 g/mol. The highest BCUT2D eigenvalue weighted by Gasteiger charge is 2.13. The van der Waals surface area contributed by atoms with Crippen LogP contribution in [0.15, 0.2) is 42.6 Å². The van der Waals surface area contributed by atoms with E-state index < -0.39 is 17.5 Å². The Bertz CT molecular complexity index is 750. The van der Waals surface area contributed by atoms with Crippen LogP contribution in [-0.4, -0.2) is 4.98 Å². The Labute approximate surface area is 106 Å². The van der Waals surface area contributed by atoms with Crippen molar-refractivity contribution in [1.82, 2.24) is 4.98 Å². The lowest BCUT2D eigenvalue weighted by Gasteiger charge is -2.08. The molecule has 2 aromatic carbocycles. The summed E-state index contributed by atoms with van der Waals surface area (Å²) in [6.45, 7) is 0. The van der Waals surface area contributed by atoms with Crippen molar-refractivity contribution in [3.05, 3.63) is 60.0 Å². The molecule has 1 aromatic heterocycles. The summed E-state index contributed by atoms with van der Waals surface area (Å²) in [5, 5.41) is 3.66. The number of hydrogen-bond donors (Lipinski definition) is 2. The van der Waals surface area contributed by atoms with Crippen LogP contribution in [0.25, 0.3) is 10.9 Å². The van der Waals surface area contributed by atoms with Crippen LogP contribution in [0.3, 0.4) is 0 Å². The van der Waals surface area contributed by atoms with E-state index in [4.69, 9.17) is 0 Å². The predicted molar refractivity (Wildman–Crippen MR) is 67.9 cm³/mol. The van der Waals surface area contributed by atoms with Gasteiger partial charge in [0.15, 0.2) is 17.5 Å². The zero-order valence-corrected chi connectivity index (χ0v) is 9.68. The van der Waals surface area contributed by atoms with E-state index in [1.54, 1.807) is 18.3 Å². The van der Waals surface area contributed by atoms with Gasteiger partial charge in [-0.15, -0.1) is 0 Å². The van der Waals surface area contributed by atoms with E-state index in [-0.39, 0.29) is 5.69 Å². The van der Waals surface area contributed by atoms with E-state index in [1.807, 2.05) is 12.1 Å². The second kappa shape index (κ2) is 4.35. The monoisotopic (exact) mass is 262 g/mol. The van der Waals surface area contributed by atoms with Gasteiger partial charge in [-0.05, 0) is 36.4 Å². The molecule has 3 rings (SSSR count). The molecule has 0 unspecified atom stereocenters. The maximum absolute atomic E-state index is 13.5. The molecule has 0 fully saturated rings. The topological polar surface area (TPSA) is 27.8 Å². The van der Waals surface area contributed by atoms with Gasteiger partial charge >= 0.3 is 0 Å². The molecule has 1 heterocycles. The number of halogens is 3. The quantitative estimate of drug-likeness (QED) is 0.661. The van der Waals surface area contributed by atoms with Gasteiger partial charge in [-0.2, -0.15) is 0 Å². The second-order valence-electron chi connectivity index (χ2n) is 4.13. The summed E-state index contributed by atoms with van der Waals surface area (Å²) in [5.74, 6) is -3.91. The number of nitrogens with one attached hydrogen (secondary N) is 2. The third-order valence-corrected chi connectivity index (χ3v) is 2.87. The Morgan fingerprint density at radius 1 is 0.895 bits per heavy atom. The number of benzene rings is 2. The fourth-order valence-corrected chi connectivity index (χ4v) is 1.91. The summed E-state index contributed by atoms with van der Waals surface area (Å²) in [7, 11) is 0. The molecule has 0 saturated heterocycles. The summed E-state index contributed by atoms with van der Waals surface area (Å²) in [6.07, 6.45) is 1.78. The Morgan fingerprint density at radius 2 is 1.74 bits per heavy atom. The lowest BCUT2D eigenvalue weighted by Crippen LogP contribution is -1.98. The molecular weight excluding hydrogens is 253 g/mol. The number of aromatic amines is 1. The Balaban J connectivity index is 1.98. The first-order chi connectivity index (χ1) is 9.15. The van der Waals surface area contributed by atoms with E-state index in [0.717, 1.165) is 23.0 Å². The summed E-state index contributed by atoms with van der Waals surface area (Å²) >= 11 is 0. The number of rotatable bonds is 2. The third kappa shape index (κ3) is 2.03. The van der Waals surface area contributed by atoms with Crippen molar-refractivity contribution in [2.24, 2.45) is 0 Å². The summed E-state index contributed by atoms with van der Waals surface area (Å²) in [5.41, 5.74) is 1.43. The molecule has 0 bridgehead atoms. The molecule has 0 aliphatic carbocycles. The zero-order valence-electron chi connectivity index (χ0n) is 9.68. The summed E-state index contributed by atoms with van der Waals surface area (Å²) in [4.78, 5) is 3.03. The van der Waals surface area contributed by atoms with Gasteiger partial charge < -0.3 is 10.3 Å². The zero-order chi connectivity index (χ0) is 13.4. The van der Waals surface area contributed by atoms with Crippen LogP contribution in [0.4, 0.5) is 24.5 Å². The SMILES string of the molecule is Fc1ccc(Nc2ccc3[nH]ccc3c2)c(F)c1F. The molecule has 2 N–H and O–H groups in total. The Kier molecular flexibility index (Phi) is 2.67. The van der Waals surface area contributed by atoms with Gasteiger partial charge in [0.2, 0.25) is 0 Å². The first kappa shape index (κ1) is 11.6. The van der Waals surface area contributed by atoms with Crippen molar-refractivity contribution < 1.29 is 13.2 Å². The molecule has 2 nitrogen and oxygen atoms in total. The molecule has 3 aromatic rings. The fraction of sp³-hybridized carbons (Fsp3) is 0. The lowest BCUT2D eigenvalue weighted by atomic mass is 10.2. The number of fused-ring (bicyclic) bond motifs is 1. The number of aromatic nitrogens is 1. The van der Waals surface area contributed by atoms with Crippen LogP contribution >= 0.6 is 0 Å². The van der Waals surface area contributed by atoms with Gasteiger partial charge in [0.05, 0.1) is 5.69 Å². The fourth-order valence-electron chi connectivity index (χ4n) is 1.91. The van der Waals surface area contributed by atoms with Gasteiger partial charge in [-0.1, -0.05) is 0 Å². The summed E-state index contributed by atoms with van der Waals surface area (Å²) in [6, 6.07) is 9.23. The van der Waals surface area contributed by atoms with Gasteiger partial charge in [0.25, 0.3) is 0 Å². The van der Waals surface area contributed by atoms with Crippen molar-refractivity contribution in [3.8, 4) is 0 Å². The van der Waals surface area contributed by atoms with E-state index in [2.05, 4.69) is 10.3 Å². The van der Waals surface area contributed by atoms with Crippen LogP contribution < -0.4 is 5.32 Å². The lowest BCUT2D eigenvalue weighted by molar-refractivity contribution is 0.449. The standard InChI is InChI=1S/C14H9F3N2/c15-10-2-4-12(14(17)13(10)16)19-9-1-3-11-8(7-9)5-6-18-11/h1-7,18-19H. The highest BCUT2D eigenvalue weighted by atomic mass is 19.2. The van der Waals surface area contributed by atoms with Crippen LogP contribution in [-0.2, 0) is 0 Å². The van der Waals surface area contributed by atoms with Crippen molar-refractivity contribution in [1.29, 1.82) is 0 Å². The minimum Gasteiger partial charge on any atom is -0.361 e. The Morgan fingerprint density at radius 3 is 2.58 bits per heavy atom. The summed E-state index contributed by atoms with van der Waals surface area (Å²) < 4.78 is 39.4. The minimum absolute atomic E-state index is 0.103. The average Bonchev–Trinajstić information content (AvgIpc) is 2.87. The van der Waals surface area contributed by atoms with Crippen LogP contribution in [0.2, 0.25) is 0 Å². The van der Waals surface area contributed by atoms with Crippen LogP contribution in [0, 0.1) is 17.5 Å². The molecule has 0 amide bonds. The largest absolute Gasteiger partial charge is 0.361 e. The van der Waals surface area contributed by atoms with Crippen LogP contribution in [0.1, 0.15) is 0 Å². The smallest absolute Gasteiger partial charge is 0.196 e. The maximum Gasteiger partial charge on any atom is 0.196 e. The third-order valence-electron chi connectivity index (χ3n) is 2.87. The molecule has 0 spiro atoms. The second-order valence-corrected chi connectivity index (χ2v) is 4.13. The number of anilines is 2. The molecule has 96 valence electrons. The van der Waals surface area contributed by atoms with Gasteiger partial charge in [-0.3, -0.25) is 0 Å². The highest BCUT2D eigenvalue weighted by Crippen LogP contribution is 2.25.